The minimum atomic E-state index is 0.709. The molecule has 2 nitrogen and oxygen atoms in total. The summed E-state index contributed by atoms with van der Waals surface area (Å²) in [4.78, 5) is 2.56. The van der Waals surface area contributed by atoms with Gasteiger partial charge in [-0.2, -0.15) is 0 Å². The first-order valence-corrected chi connectivity index (χ1v) is 6.41. The van der Waals surface area contributed by atoms with Gasteiger partial charge in [-0.1, -0.05) is 31.5 Å². The average Bonchev–Trinajstić information content (AvgIpc) is 2.68. The highest BCUT2D eigenvalue weighted by molar-refractivity contribution is 5.61. The Morgan fingerprint density at radius 3 is 2.94 bits per heavy atom. The van der Waals surface area contributed by atoms with Crippen molar-refractivity contribution in [1.29, 1.82) is 0 Å². The molecular formula is C14H22N2. The normalized spacial score (nSPS) is 21.9. The second kappa shape index (κ2) is 4.88. The molecule has 0 radical (unpaired) electrons. The van der Waals surface area contributed by atoms with Crippen LogP contribution in [-0.4, -0.2) is 25.7 Å². The maximum atomic E-state index is 3.46. The number of fused-ring (bicyclic) bond motifs is 3. The molecule has 0 aliphatic carbocycles. The van der Waals surface area contributed by atoms with Gasteiger partial charge in [0.2, 0.25) is 0 Å². The van der Waals surface area contributed by atoms with Crippen molar-refractivity contribution in [2.24, 2.45) is 0 Å². The quantitative estimate of drug-likeness (QED) is 0.719. The van der Waals surface area contributed by atoms with E-state index in [0.717, 1.165) is 13.1 Å². The van der Waals surface area contributed by atoms with Crippen LogP contribution in [0.4, 0.5) is 5.69 Å². The lowest BCUT2D eigenvalue weighted by Crippen LogP contribution is -2.49. The van der Waals surface area contributed by atoms with Crippen LogP contribution in [-0.2, 0) is 6.42 Å². The molecule has 1 fully saturated rings. The van der Waals surface area contributed by atoms with E-state index < -0.39 is 0 Å². The van der Waals surface area contributed by atoms with Crippen LogP contribution in [0.5, 0.6) is 0 Å². The Morgan fingerprint density at radius 2 is 2.12 bits per heavy atom. The summed E-state index contributed by atoms with van der Waals surface area (Å²) in [5.41, 5.74) is 4.40. The van der Waals surface area contributed by atoms with Gasteiger partial charge in [0.25, 0.3) is 0 Å². The van der Waals surface area contributed by atoms with Gasteiger partial charge >= 0.3 is 0 Å². The van der Waals surface area contributed by atoms with Gasteiger partial charge in [-0.05, 0) is 25.0 Å². The number of anilines is 1. The van der Waals surface area contributed by atoms with Crippen molar-refractivity contribution in [3.05, 3.63) is 29.3 Å². The molecule has 2 aliphatic heterocycles. The summed E-state index contributed by atoms with van der Waals surface area (Å²) in [7, 11) is 0. The highest BCUT2D eigenvalue weighted by Gasteiger charge is 2.30. The molecule has 16 heavy (non-hydrogen) atoms. The molecule has 0 amide bonds. The number of piperazine rings is 1. The minimum Gasteiger partial charge on any atom is -0.365 e. The van der Waals surface area contributed by atoms with Crippen LogP contribution in [0.25, 0.3) is 0 Å². The SMILES string of the molecule is CC.Cc1ccc2c(c1)CC1CNCCN21. The third-order valence-corrected chi connectivity index (χ3v) is 3.35. The molecule has 0 bridgehead atoms. The number of benzene rings is 1. The van der Waals surface area contributed by atoms with Crippen molar-refractivity contribution in [3.63, 3.8) is 0 Å². The summed E-state index contributed by atoms with van der Waals surface area (Å²) >= 11 is 0. The summed E-state index contributed by atoms with van der Waals surface area (Å²) in [6.07, 6.45) is 1.23. The first-order valence-electron chi connectivity index (χ1n) is 6.41. The molecule has 0 aromatic heterocycles. The largest absolute Gasteiger partial charge is 0.365 e. The molecule has 1 N–H and O–H groups in total. The molecule has 2 aliphatic rings. The Hall–Kier alpha value is -1.02. The predicted octanol–water partition coefficient (Wildman–Crippen LogP) is 2.36. The molecule has 2 heterocycles. The highest BCUT2D eigenvalue weighted by Crippen LogP contribution is 2.33. The van der Waals surface area contributed by atoms with E-state index in [9.17, 15) is 0 Å². The van der Waals surface area contributed by atoms with E-state index in [4.69, 9.17) is 0 Å². The molecule has 0 spiro atoms. The molecular weight excluding hydrogens is 196 g/mol. The van der Waals surface area contributed by atoms with E-state index in [-0.39, 0.29) is 0 Å². The monoisotopic (exact) mass is 218 g/mol. The number of nitrogens with one attached hydrogen (secondary N) is 1. The molecule has 1 aromatic rings. The fourth-order valence-electron chi connectivity index (χ4n) is 2.67. The van der Waals surface area contributed by atoms with Crippen LogP contribution < -0.4 is 10.2 Å². The molecule has 2 heteroatoms. The smallest absolute Gasteiger partial charge is 0.0456 e. The van der Waals surface area contributed by atoms with Crippen LogP contribution in [0.2, 0.25) is 0 Å². The summed E-state index contributed by atoms with van der Waals surface area (Å²) in [5, 5.41) is 3.46. The Morgan fingerprint density at radius 1 is 1.31 bits per heavy atom. The lowest BCUT2D eigenvalue weighted by Gasteiger charge is -2.32. The number of nitrogens with zero attached hydrogens (tertiary/aromatic N) is 1. The maximum Gasteiger partial charge on any atom is 0.0456 e. The summed E-state index contributed by atoms with van der Waals surface area (Å²) < 4.78 is 0. The molecule has 0 saturated carbocycles. The molecule has 1 unspecified atom stereocenters. The van der Waals surface area contributed by atoms with Gasteiger partial charge < -0.3 is 10.2 Å². The average molecular weight is 218 g/mol. The summed E-state index contributed by atoms with van der Waals surface area (Å²) in [6.45, 7) is 9.62. The van der Waals surface area contributed by atoms with Crippen molar-refractivity contribution < 1.29 is 0 Å². The molecule has 1 aromatic carbocycles. The van der Waals surface area contributed by atoms with Gasteiger partial charge in [-0.15, -0.1) is 0 Å². The first kappa shape index (κ1) is 11.5. The molecule has 1 atom stereocenters. The van der Waals surface area contributed by atoms with Gasteiger partial charge in [0.05, 0.1) is 0 Å². The number of rotatable bonds is 0. The van der Waals surface area contributed by atoms with Gasteiger partial charge in [0.15, 0.2) is 0 Å². The third-order valence-electron chi connectivity index (χ3n) is 3.35. The predicted molar refractivity (Wildman–Crippen MR) is 70.2 cm³/mol. The second-order valence-electron chi connectivity index (χ2n) is 4.39. The van der Waals surface area contributed by atoms with Crippen molar-refractivity contribution in [2.45, 2.75) is 33.2 Å². The van der Waals surface area contributed by atoms with E-state index >= 15 is 0 Å². The zero-order valence-electron chi connectivity index (χ0n) is 10.6. The summed E-state index contributed by atoms with van der Waals surface area (Å²) in [5.74, 6) is 0. The van der Waals surface area contributed by atoms with Crippen molar-refractivity contribution in [3.8, 4) is 0 Å². The van der Waals surface area contributed by atoms with Crippen molar-refractivity contribution in [2.75, 3.05) is 24.5 Å². The van der Waals surface area contributed by atoms with Gasteiger partial charge in [0, 0.05) is 31.4 Å². The molecule has 1 saturated heterocycles. The maximum absolute atomic E-state index is 3.46. The summed E-state index contributed by atoms with van der Waals surface area (Å²) in [6, 6.07) is 7.56. The van der Waals surface area contributed by atoms with Crippen LogP contribution >= 0.6 is 0 Å². The fourth-order valence-corrected chi connectivity index (χ4v) is 2.67. The Labute approximate surface area is 98.7 Å². The van der Waals surface area contributed by atoms with Gasteiger partial charge in [0.1, 0.15) is 0 Å². The first-order chi connectivity index (χ1) is 7.84. The van der Waals surface area contributed by atoms with E-state index in [1.807, 2.05) is 13.8 Å². The van der Waals surface area contributed by atoms with E-state index in [0.29, 0.717) is 6.04 Å². The lowest BCUT2D eigenvalue weighted by atomic mass is 10.1. The van der Waals surface area contributed by atoms with Crippen molar-refractivity contribution in [1.82, 2.24) is 5.32 Å². The lowest BCUT2D eigenvalue weighted by molar-refractivity contribution is 0.495. The third kappa shape index (κ3) is 1.94. The minimum absolute atomic E-state index is 0.709. The number of hydrogen-bond acceptors (Lipinski definition) is 2. The molecule has 3 rings (SSSR count). The second-order valence-corrected chi connectivity index (χ2v) is 4.39. The fraction of sp³-hybridized carbons (Fsp3) is 0.571. The Balaban J connectivity index is 0.000000457. The van der Waals surface area contributed by atoms with Gasteiger partial charge in [-0.3, -0.25) is 0 Å². The van der Waals surface area contributed by atoms with Crippen LogP contribution in [0, 0.1) is 6.92 Å². The highest BCUT2D eigenvalue weighted by atomic mass is 15.2. The van der Waals surface area contributed by atoms with Gasteiger partial charge in [-0.25, -0.2) is 0 Å². The van der Waals surface area contributed by atoms with Crippen LogP contribution in [0.15, 0.2) is 18.2 Å². The van der Waals surface area contributed by atoms with Crippen LogP contribution in [0.1, 0.15) is 25.0 Å². The van der Waals surface area contributed by atoms with Crippen LogP contribution in [0.3, 0.4) is 0 Å². The zero-order chi connectivity index (χ0) is 11.5. The Bertz CT molecular complexity index is 360. The van der Waals surface area contributed by atoms with E-state index in [1.165, 1.54) is 24.2 Å². The van der Waals surface area contributed by atoms with E-state index in [1.54, 1.807) is 5.56 Å². The van der Waals surface area contributed by atoms with E-state index in [2.05, 4.69) is 35.3 Å². The zero-order valence-corrected chi connectivity index (χ0v) is 10.6. The standard InChI is InChI=1S/C12H16N2.C2H6/c1-9-2-3-12-10(6-9)7-11-8-13-4-5-14(11)12;1-2/h2-3,6,11,13H,4-5,7-8H2,1H3;1-2H3. The number of hydrogen-bond donors (Lipinski definition) is 1. The Kier molecular flexibility index (Phi) is 3.49. The molecule has 88 valence electrons. The number of aryl methyl sites for hydroxylation is 1. The van der Waals surface area contributed by atoms with Crippen molar-refractivity contribution >= 4 is 5.69 Å². The topological polar surface area (TPSA) is 15.3 Å².